The number of carbonyl (C=O) groups is 1. The molecule has 0 aliphatic carbocycles. The van der Waals surface area contributed by atoms with Gasteiger partial charge in [-0.25, -0.2) is 4.39 Å². The number of carboxylic acids is 1. The van der Waals surface area contributed by atoms with Crippen molar-refractivity contribution in [2.75, 3.05) is 13.7 Å². The van der Waals surface area contributed by atoms with E-state index >= 15 is 0 Å². The number of rotatable bonds is 4. The van der Waals surface area contributed by atoms with Crippen molar-refractivity contribution in [2.24, 2.45) is 5.73 Å². The second-order valence-electron chi connectivity index (χ2n) is 3.17. The van der Waals surface area contributed by atoms with Crippen LogP contribution >= 0.6 is 0 Å². The molecule has 0 radical (unpaired) electrons. The number of phenols is 1. The zero-order valence-corrected chi connectivity index (χ0v) is 8.61. The maximum Gasteiger partial charge on any atom is 0.312 e. The minimum absolute atomic E-state index is 0.0103. The summed E-state index contributed by atoms with van der Waals surface area (Å²) in [5, 5.41) is 18.1. The SMILES string of the molecule is COc1cc(C(CN)C(=O)O)c(F)cc1O. The van der Waals surface area contributed by atoms with Crippen molar-refractivity contribution in [3.05, 3.63) is 23.5 Å². The van der Waals surface area contributed by atoms with E-state index in [4.69, 9.17) is 15.6 Å². The standard InChI is InChI=1S/C10H12FNO4/c1-16-9-2-5(6(4-12)10(14)15)7(11)3-8(9)13/h2-3,6,13H,4,12H2,1H3,(H,14,15). The highest BCUT2D eigenvalue weighted by atomic mass is 19.1. The van der Waals surface area contributed by atoms with Crippen molar-refractivity contribution in [2.45, 2.75) is 5.92 Å². The molecule has 0 saturated carbocycles. The fourth-order valence-corrected chi connectivity index (χ4v) is 1.35. The van der Waals surface area contributed by atoms with Crippen LogP contribution in [-0.2, 0) is 4.79 Å². The highest BCUT2D eigenvalue weighted by Gasteiger charge is 2.23. The van der Waals surface area contributed by atoms with Crippen molar-refractivity contribution in [1.29, 1.82) is 0 Å². The number of benzene rings is 1. The molecule has 88 valence electrons. The molecule has 0 fully saturated rings. The minimum atomic E-state index is -1.23. The first-order valence-electron chi connectivity index (χ1n) is 4.50. The summed E-state index contributed by atoms with van der Waals surface area (Å²) < 4.78 is 18.2. The van der Waals surface area contributed by atoms with Gasteiger partial charge in [-0.1, -0.05) is 0 Å². The van der Waals surface area contributed by atoms with Crippen LogP contribution in [0.25, 0.3) is 0 Å². The summed E-state index contributed by atoms with van der Waals surface area (Å²) in [5.41, 5.74) is 5.15. The van der Waals surface area contributed by atoms with Gasteiger partial charge in [-0.15, -0.1) is 0 Å². The lowest BCUT2D eigenvalue weighted by molar-refractivity contribution is -0.138. The van der Waals surface area contributed by atoms with Gasteiger partial charge in [0.2, 0.25) is 0 Å². The molecule has 0 spiro atoms. The Morgan fingerprint density at radius 3 is 2.69 bits per heavy atom. The average molecular weight is 229 g/mol. The lowest BCUT2D eigenvalue weighted by atomic mass is 9.98. The number of carboxylic acid groups (broad SMARTS) is 1. The van der Waals surface area contributed by atoms with Crippen LogP contribution < -0.4 is 10.5 Å². The van der Waals surface area contributed by atoms with Gasteiger partial charge < -0.3 is 20.7 Å². The van der Waals surface area contributed by atoms with Gasteiger partial charge in [0.25, 0.3) is 0 Å². The number of methoxy groups -OCH3 is 1. The molecule has 1 atom stereocenters. The molecule has 0 saturated heterocycles. The van der Waals surface area contributed by atoms with Crippen LogP contribution in [0, 0.1) is 5.82 Å². The lowest BCUT2D eigenvalue weighted by Crippen LogP contribution is -2.22. The number of aliphatic carboxylic acids is 1. The Hall–Kier alpha value is -1.82. The quantitative estimate of drug-likeness (QED) is 0.705. The molecule has 5 nitrogen and oxygen atoms in total. The number of ether oxygens (including phenoxy) is 1. The van der Waals surface area contributed by atoms with Crippen molar-refractivity contribution in [3.63, 3.8) is 0 Å². The maximum absolute atomic E-state index is 13.4. The largest absolute Gasteiger partial charge is 0.504 e. The number of hydrogen-bond donors (Lipinski definition) is 3. The average Bonchev–Trinajstić information content (AvgIpc) is 2.21. The number of halogens is 1. The molecule has 0 heterocycles. The van der Waals surface area contributed by atoms with E-state index in [0.29, 0.717) is 0 Å². The Morgan fingerprint density at radius 1 is 1.62 bits per heavy atom. The van der Waals surface area contributed by atoms with Crippen molar-refractivity contribution >= 4 is 5.97 Å². The first-order valence-corrected chi connectivity index (χ1v) is 4.50. The van der Waals surface area contributed by atoms with E-state index in [9.17, 15) is 14.3 Å². The molecule has 0 bridgehead atoms. The number of nitrogens with two attached hydrogens (primary N) is 1. The van der Waals surface area contributed by atoms with Crippen LogP contribution in [0.3, 0.4) is 0 Å². The monoisotopic (exact) mass is 229 g/mol. The Bertz CT molecular complexity index is 408. The van der Waals surface area contributed by atoms with Gasteiger partial charge in [0.15, 0.2) is 11.5 Å². The highest BCUT2D eigenvalue weighted by molar-refractivity contribution is 5.77. The smallest absolute Gasteiger partial charge is 0.312 e. The van der Waals surface area contributed by atoms with Gasteiger partial charge in [0.1, 0.15) is 5.82 Å². The summed E-state index contributed by atoms with van der Waals surface area (Å²) in [6.07, 6.45) is 0. The van der Waals surface area contributed by atoms with E-state index in [-0.39, 0.29) is 23.6 Å². The Morgan fingerprint density at radius 2 is 2.25 bits per heavy atom. The summed E-state index contributed by atoms with van der Waals surface area (Å²) in [6.45, 7) is -0.236. The lowest BCUT2D eigenvalue weighted by Gasteiger charge is -2.13. The molecule has 1 aromatic carbocycles. The topological polar surface area (TPSA) is 92.8 Å². The minimum Gasteiger partial charge on any atom is -0.504 e. The maximum atomic E-state index is 13.4. The molecule has 16 heavy (non-hydrogen) atoms. The molecule has 1 aromatic rings. The summed E-state index contributed by atoms with van der Waals surface area (Å²) in [6, 6.07) is 1.94. The van der Waals surface area contributed by atoms with E-state index in [1.807, 2.05) is 0 Å². The van der Waals surface area contributed by atoms with E-state index in [0.717, 1.165) is 12.1 Å². The van der Waals surface area contributed by atoms with Crippen LogP contribution in [0.15, 0.2) is 12.1 Å². The van der Waals surface area contributed by atoms with Crippen molar-refractivity contribution in [3.8, 4) is 11.5 Å². The van der Waals surface area contributed by atoms with Crippen molar-refractivity contribution in [1.82, 2.24) is 0 Å². The summed E-state index contributed by atoms with van der Waals surface area (Å²) in [4.78, 5) is 10.8. The van der Waals surface area contributed by atoms with Crippen LogP contribution in [0.1, 0.15) is 11.5 Å². The fourth-order valence-electron chi connectivity index (χ4n) is 1.35. The Kier molecular flexibility index (Phi) is 3.68. The van der Waals surface area contributed by atoms with Crippen LogP contribution in [0.4, 0.5) is 4.39 Å². The third-order valence-corrected chi connectivity index (χ3v) is 2.21. The second kappa shape index (κ2) is 4.80. The predicted molar refractivity (Wildman–Crippen MR) is 54.0 cm³/mol. The zero-order chi connectivity index (χ0) is 12.3. The number of hydrogen-bond acceptors (Lipinski definition) is 4. The van der Waals surface area contributed by atoms with Crippen molar-refractivity contribution < 1.29 is 24.1 Å². The molecule has 0 aromatic heterocycles. The summed E-state index contributed by atoms with van der Waals surface area (Å²) >= 11 is 0. The van der Waals surface area contributed by atoms with E-state index in [2.05, 4.69) is 0 Å². The third-order valence-electron chi connectivity index (χ3n) is 2.21. The van der Waals surface area contributed by atoms with Gasteiger partial charge in [-0.2, -0.15) is 0 Å². The Balaban J connectivity index is 3.26. The first kappa shape index (κ1) is 12.3. The van der Waals surface area contributed by atoms with Gasteiger partial charge in [-0.05, 0) is 6.07 Å². The van der Waals surface area contributed by atoms with Gasteiger partial charge >= 0.3 is 5.97 Å². The second-order valence-corrected chi connectivity index (χ2v) is 3.17. The molecule has 0 amide bonds. The zero-order valence-electron chi connectivity index (χ0n) is 8.61. The molecule has 0 aliphatic heterocycles. The van der Waals surface area contributed by atoms with E-state index in [1.165, 1.54) is 7.11 Å². The van der Waals surface area contributed by atoms with E-state index < -0.39 is 17.7 Å². The van der Waals surface area contributed by atoms with Crippen LogP contribution in [0.5, 0.6) is 11.5 Å². The van der Waals surface area contributed by atoms with Gasteiger partial charge in [0.05, 0.1) is 13.0 Å². The third kappa shape index (κ3) is 2.22. The highest BCUT2D eigenvalue weighted by Crippen LogP contribution is 2.32. The van der Waals surface area contributed by atoms with Gasteiger partial charge in [0, 0.05) is 18.2 Å². The fraction of sp³-hybridized carbons (Fsp3) is 0.300. The molecule has 1 rings (SSSR count). The van der Waals surface area contributed by atoms with Crippen LogP contribution in [0.2, 0.25) is 0 Å². The molecular weight excluding hydrogens is 217 g/mol. The molecule has 6 heteroatoms. The molecule has 4 N–H and O–H groups in total. The van der Waals surface area contributed by atoms with Crippen LogP contribution in [-0.4, -0.2) is 29.8 Å². The van der Waals surface area contributed by atoms with Gasteiger partial charge in [-0.3, -0.25) is 4.79 Å². The molecule has 1 unspecified atom stereocenters. The molecular formula is C10H12FNO4. The summed E-state index contributed by atoms with van der Waals surface area (Å²) in [7, 11) is 1.29. The predicted octanol–water partition coefficient (Wildman–Crippen LogP) is 0.667. The van der Waals surface area contributed by atoms with E-state index in [1.54, 1.807) is 0 Å². The molecule has 0 aliphatic rings. The number of phenolic OH excluding ortho intramolecular Hbond substituents is 1. The first-order chi connectivity index (χ1) is 7.51. The normalized spacial score (nSPS) is 12.2. The Labute approximate surface area is 91.3 Å². The number of aromatic hydroxyl groups is 1. The summed E-state index contributed by atoms with van der Waals surface area (Å²) in [5.74, 6) is -3.58.